The zero-order valence-corrected chi connectivity index (χ0v) is 22.1. The number of fused-ring (bicyclic) bond motifs is 1. The van der Waals surface area contributed by atoms with E-state index in [0.29, 0.717) is 36.6 Å². The Balaban J connectivity index is 1.12. The Morgan fingerprint density at radius 3 is 2.65 bits per heavy atom. The molecule has 202 valence electrons. The summed E-state index contributed by atoms with van der Waals surface area (Å²) in [5, 5.41) is 6.46. The third-order valence-corrected chi connectivity index (χ3v) is 7.96. The molecule has 3 fully saturated rings. The highest BCUT2D eigenvalue weighted by Crippen LogP contribution is 2.33. The monoisotopic (exact) mass is 533 g/mol. The predicted octanol–water partition coefficient (Wildman–Crippen LogP) is 1.52. The lowest BCUT2D eigenvalue weighted by molar-refractivity contribution is -0.149. The number of carbonyl (C=O) groups excluding carboxylic acids is 3. The summed E-state index contributed by atoms with van der Waals surface area (Å²) in [6.07, 6.45) is 2.72. The Morgan fingerprint density at radius 2 is 1.92 bits per heavy atom. The summed E-state index contributed by atoms with van der Waals surface area (Å²) < 4.78 is 18.9. The Bertz CT molecular complexity index is 1000. The molecular formula is C26H36FN5O4S. The van der Waals surface area contributed by atoms with Crippen LogP contribution in [-0.2, 0) is 19.1 Å². The van der Waals surface area contributed by atoms with Crippen molar-refractivity contribution in [2.24, 2.45) is 11.8 Å². The summed E-state index contributed by atoms with van der Waals surface area (Å²) in [7, 11) is 1.38. The molecular weight excluding hydrogens is 497 g/mol. The first-order valence-corrected chi connectivity index (χ1v) is 13.5. The van der Waals surface area contributed by atoms with E-state index in [1.807, 2.05) is 12.1 Å². The summed E-state index contributed by atoms with van der Waals surface area (Å²) in [5.74, 6) is -1.08. The Hall–Kier alpha value is -2.79. The highest BCUT2D eigenvalue weighted by atomic mass is 32.1. The number of methoxy groups -OCH3 is 1. The number of anilines is 1. The molecule has 2 aliphatic heterocycles. The van der Waals surface area contributed by atoms with Crippen molar-refractivity contribution in [1.82, 2.24) is 20.4 Å². The number of halogens is 1. The van der Waals surface area contributed by atoms with Crippen molar-refractivity contribution in [1.29, 1.82) is 0 Å². The maximum atomic E-state index is 14.0. The van der Waals surface area contributed by atoms with Crippen LogP contribution in [0.2, 0.25) is 0 Å². The molecule has 0 radical (unpaired) electrons. The van der Waals surface area contributed by atoms with Crippen LogP contribution in [0.3, 0.4) is 0 Å². The van der Waals surface area contributed by atoms with Crippen molar-refractivity contribution in [3.05, 3.63) is 30.1 Å². The molecule has 4 rings (SSSR count). The van der Waals surface area contributed by atoms with Crippen LogP contribution >= 0.6 is 12.2 Å². The maximum Gasteiger partial charge on any atom is 0.308 e. The van der Waals surface area contributed by atoms with E-state index in [1.54, 1.807) is 6.07 Å². The van der Waals surface area contributed by atoms with Crippen molar-refractivity contribution in [2.75, 3.05) is 57.8 Å². The molecule has 0 spiro atoms. The van der Waals surface area contributed by atoms with Gasteiger partial charge in [-0.15, -0.1) is 0 Å². The number of ether oxygens (including phenoxy) is 1. The lowest BCUT2D eigenvalue weighted by Crippen LogP contribution is -2.62. The van der Waals surface area contributed by atoms with Crippen LogP contribution in [0.4, 0.5) is 10.1 Å². The molecule has 1 aromatic carbocycles. The Kier molecular flexibility index (Phi) is 9.31. The smallest absolute Gasteiger partial charge is 0.308 e. The minimum Gasteiger partial charge on any atom is -0.469 e. The summed E-state index contributed by atoms with van der Waals surface area (Å²) in [6.45, 7) is 4.91. The molecule has 0 aromatic heterocycles. The van der Waals surface area contributed by atoms with Gasteiger partial charge in [-0.25, -0.2) is 4.39 Å². The fourth-order valence-electron chi connectivity index (χ4n) is 5.51. The van der Waals surface area contributed by atoms with Crippen molar-refractivity contribution in [2.45, 2.75) is 38.1 Å². The predicted molar refractivity (Wildman–Crippen MR) is 141 cm³/mol. The number of piperazine rings is 1. The van der Waals surface area contributed by atoms with E-state index in [2.05, 4.69) is 20.4 Å². The summed E-state index contributed by atoms with van der Waals surface area (Å²) in [5.41, 5.74) is 0.653. The largest absolute Gasteiger partial charge is 0.469 e. The van der Waals surface area contributed by atoms with E-state index in [9.17, 15) is 18.8 Å². The third kappa shape index (κ3) is 6.75. The van der Waals surface area contributed by atoms with Crippen LogP contribution in [0.15, 0.2) is 24.3 Å². The molecule has 9 nitrogen and oxygen atoms in total. The normalized spacial score (nSPS) is 24.3. The van der Waals surface area contributed by atoms with Gasteiger partial charge in [0.05, 0.1) is 24.6 Å². The zero-order valence-electron chi connectivity index (χ0n) is 21.3. The van der Waals surface area contributed by atoms with Gasteiger partial charge in [0.2, 0.25) is 11.8 Å². The molecule has 2 N–H and O–H groups in total. The zero-order chi connectivity index (χ0) is 26.4. The average Bonchev–Trinajstić information content (AvgIpc) is 2.91. The molecule has 2 saturated heterocycles. The van der Waals surface area contributed by atoms with Crippen LogP contribution in [0.1, 0.15) is 32.1 Å². The second-order valence-electron chi connectivity index (χ2n) is 9.92. The van der Waals surface area contributed by atoms with E-state index in [0.717, 1.165) is 39.1 Å². The highest BCUT2D eigenvalue weighted by Gasteiger charge is 2.44. The number of esters is 1. The van der Waals surface area contributed by atoms with Crippen LogP contribution in [-0.4, -0.2) is 91.7 Å². The number of nitrogens with one attached hydrogen (secondary N) is 2. The Morgan fingerprint density at radius 1 is 1.16 bits per heavy atom. The van der Waals surface area contributed by atoms with Gasteiger partial charge >= 0.3 is 5.97 Å². The third-order valence-electron chi connectivity index (χ3n) is 7.62. The number of hydrogen-bond donors (Lipinski definition) is 2. The fraction of sp³-hybridized carbons (Fsp3) is 0.615. The molecule has 37 heavy (non-hydrogen) atoms. The maximum absolute atomic E-state index is 14.0. The van der Waals surface area contributed by atoms with E-state index in [-0.39, 0.29) is 54.4 Å². The summed E-state index contributed by atoms with van der Waals surface area (Å²) in [4.78, 5) is 43.2. The number of carbonyl (C=O) groups is 3. The number of thiocarbonyl (C=S) groups is 1. The number of amides is 2. The first kappa shape index (κ1) is 27.3. The minimum atomic E-state index is -0.248. The molecule has 2 heterocycles. The summed E-state index contributed by atoms with van der Waals surface area (Å²) >= 11 is 5.40. The lowest BCUT2D eigenvalue weighted by atomic mass is 9.76. The molecule has 3 aliphatic rings. The van der Waals surface area contributed by atoms with Crippen LogP contribution in [0.25, 0.3) is 0 Å². The first-order chi connectivity index (χ1) is 17.9. The van der Waals surface area contributed by atoms with Crippen molar-refractivity contribution < 1.29 is 23.5 Å². The van der Waals surface area contributed by atoms with E-state index < -0.39 is 0 Å². The average molecular weight is 534 g/mol. The number of hydrogen-bond acceptors (Lipinski definition) is 7. The van der Waals surface area contributed by atoms with E-state index in [4.69, 9.17) is 17.0 Å². The van der Waals surface area contributed by atoms with Crippen molar-refractivity contribution in [3.63, 3.8) is 0 Å². The molecule has 1 aliphatic carbocycles. The van der Waals surface area contributed by atoms with E-state index in [1.165, 1.54) is 18.1 Å². The molecule has 3 atom stereocenters. The minimum absolute atomic E-state index is 0.0700. The first-order valence-electron chi connectivity index (χ1n) is 13.1. The molecule has 0 bridgehead atoms. The standard InChI is InChI=1S/C26H36FN5O4S/c1-36-25(35)18-7-8-19-21(17-18)29-26(37)32(24(19)34)12-9-23(33)28-10-4-11-30-13-15-31(16-14-30)22-6-3-2-5-20(22)27/h2-3,5-6,18-19,21H,4,7-17H2,1H3,(H,28,33)(H,29,37). The van der Waals surface area contributed by atoms with Crippen LogP contribution in [0.5, 0.6) is 0 Å². The van der Waals surface area contributed by atoms with Gasteiger partial charge in [-0.1, -0.05) is 12.1 Å². The van der Waals surface area contributed by atoms with Gasteiger partial charge in [0.15, 0.2) is 5.11 Å². The molecule has 11 heteroatoms. The number of nitrogens with zero attached hydrogens (tertiary/aromatic N) is 3. The second-order valence-corrected chi connectivity index (χ2v) is 10.3. The van der Waals surface area contributed by atoms with Gasteiger partial charge in [0.25, 0.3) is 0 Å². The van der Waals surface area contributed by atoms with Gasteiger partial charge in [-0.2, -0.15) is 0 Å². The number of rotatable bonds is 9. The Labute approximate surface area is 222 Å². The molecule has 1 aromatic rings. The van der Waals surface area contributed by atoms with Crippen molar-refractivity contribution in [3.8, 4) is 0 Å². The molecule has 3 unspecified atom stereocenters. The second kappa shape index (κ2) is 12.6. The van der Waals surface area contributed by atoms with Crippen LogP contribution in [0, 0.1) is 17.7 Å². The quantitative estimate of drug-likeness (QED) is 0.280. The lowest BCUT2D eigenvalue weighted by Gasteiger charge is -2.43. The van der Waals surface area contributed by atoms with Crippen LogP contribution < -0.4 is 15.5 Å². The number of para-hydroxylation sites is 1. The van der Waals surface area contributed by atoms with Gasteiger partial charge in [-0.3, -0.25) is 24.2 Å². The fourth-order valence-corrected chi connectivity index (χ4v) is 5.84. The molecule has 2 amide bonds. The number of benzene rings is 1. The van der Waals surface area contributed by atoms with Gasteiger partial charge in [-0.05, 0) is 56.6 Å². The van der Waals surface area contributed by atoms with Gasteiger partial charge in [0.1, 0.15) is 5.82 Å². The highest BCUT2D eigenvalue weighted by molar-refractivity contribution is 7.80. The topological polar surface area (TPSA) is 94.2 Å². The van der Waals surface area contributed by atoms with Crippen molar-refractivity contribution >= 4 is 40.8 Å². The van der Waals surface area contributed by atoms with Gasteiger partial charge < -0.3 is 20.3 Å². The van der Waals surface area contributed by atoms with E-state index >= 15 is 0 Å². The molecule has 1 saturated carbocycles. The van der Waals surface area contributed by atoms with Gasteiger partial charge in [0, 0.05) is 51.7 Å². The SMILES string of the molecule is COC(=O)C1CCC2C(=O)N(CCC(=O)NCCCN3CCN(c4ccccc4F)CC3)C(=S)NC2C1. The summed E-state index contributed by atoms with van der Waals surface area (Å²) in [6, 6.07) is 6.69.